The summed E-state index contributed by atoms with van der Waals surface area (Å²) in [6.45, 7) is 17.8. The molecule has 63 heavy (non-hydrogen) atoms. The van der Waals surface area contributed by atoms with E-state index in [0.717, 1.165) is 73.4 Å². The van der Waals surface area contributed by atoms with Crippen LogP contribution in [-0.4, -0.2) is 32.8 Å². The molecule has 5 nitrogen and oxygen atoms in total. The van der Waals surface area contributed by atoms with E-state index in [9.17, 15) is 0 Å². The van der Waals surface area contributed by atoms with Gasteiger partial charge in [0.05, 0.1) is 28.1 Å². The molecule has 0 amide bonds. The molecule has 9 rings (SSSR count). The maximum Gasteiger partial charge on any atom is 0.120 e. The number of hydrogen-bond acceptors (Lipinski definition) is 4. The van der Waals surface area contributed by atoms with Gasteiger partial charge in [0.25, 0.3) is 0 Å². The Morgan fingerprint density at radius 3 is 2.03 bits per heavy atom. The third kappa shape index (κ3) is 9.41. The van der Waals surface area contributed by atoms with Gasteiger partial charge in [-0.15, -0.1) is 18.2 Å². The van der Waals surface area contributed by atoms with Crippen molar-refractivity contribution in [2.45, 2.75) is 90.9 Å². The van der Waals surface area contributed by atoms with Crippen LogP contribution in [0.3, 0.4) is 0 Å². The summed E-state index contributed by atoms with van der Waals surface area (Å²) in [5, 5.41) is 2.16. The molecule has 4 aromatic heterocycles. The molecule has 4 heterocycles. The monoisotopic (exact) mass is 1070 g/mol. The number of benzene rings is 5. The molecule has 0 aliphatic heterocycles. The van der Waals surface area contributed by atoms with Crippen molar-refractivity contribution in [3.05, 3.63) is 162 Å². The summed E-state index contributed by atoms with van der Waals surface area (Å²) in [6, 6.07) is 46.9. The number of aryl methyl sites for hydroxylation is 2. The molecule has 9 aromatic rings. The molecule has 0 spiro atoms. The minimum absolute atomic E-state index is 0. The largest absolute Gasteiger partial charge is 0.501 e. The van der Waals surface area contributed by atoms with Crippen LogP contribution in [0.1, 0.15) is 81.5 Å². The van der Waals surface area contributed by atoms with Crippen LogP contribution in [0.4, 0.5) is 0 Å². The minimum Gasteiger partial charge on any atom is -0.501 e. The van der Waals surface area contributed by atoms with Crippen LogP contribution in [0.2, 0.25) is 17.3 Å². The van der Waals surface area contributed by atoms with Crippen molar-refractivity contribution >= 4 is 50.6 Å². The Bertz CT molecular complexity index is 3000. The zero-order chi connectivity index (χ0) is 43.9. The zero-order valence-electron chi connectivity index (χ0n) is 38.5. The fraction of sp³-hybridized carbons (Fsp3) is 0.268. The van der Waals surface area contributed by atoms with Crippen molar-refractivity contribution in [3.8, 4) is 39.5 Å². The van der Waals surface area contributed by atoms with Crippen LogP contribution in [0.5, 0.6) is 0 Å². The average Bonchev–Trinajstić information content (AvgIpc) is 3.82. The summed E-state index contributed by atoms with van der Waals surface area (Å²) < 4.78 is 10.4. The van der Waals surface area contributed by atoms with Crippen LogP contribution in [0.25, 0.3) is 72.4 Å². The van der Waals surface area contributed by atoms with Gasteiger partial charge in [0, 0.05) is 36.9 Å². The van der Waals surface area contributed by atoms with E-state index in [0.29, 0.717) is 5.92 Å². The van der Waals surface area contributed by atoms with Crippen LogP contribution in [0, 0.1) is 31.9 Å². The first-order chi connectivity index (χ1) is 29.7. The Hall–Kier alpha value is -5.14. The maximum absolute atomic E-state index is 6.51. The van der Waals surface area contributed by atoms with Gasteiger partial charge in [-0.25, -0.2) is 0 Å². The molecule has 0 bridgehead atoms. The van der Waals surface area contributed by atoms with Crippen molar-refractivity contribution < 1.29 is 24.5 Å². The van der Waals surface area contributed by atoms with E-state index >= 15 is 0 Å². The molecule has 0 aliphatic rings. The van der Waals surface area contributed by atoms with Crippen LogP contribution in [-0.2, 0) is 26.5 Å². The maximum atomic E-state index is 6.51. The van der Waals surface area contributed by atoms with E-state index in [-0.39, 0.29) is 31.9 Å². The fourth-order valence-electron chi connectivity index (χ4n) is 8.77. The molecule has 1 radical (unpaired) electrons. The molecule has 0 unspecified atom stereocenters. The van der Waals surface area contributed by atoms with E-state index < -0.39 is 13.3 Å². The van der Waals surface area contributed by atoms with Crippen molar-refractivity contribution in [1.82, 2.24) is 19.5 Å². The molecule has 0 N–H and O–H groups in total. The standard InChI is InChI=1S/C38H34N3O.C18H24GeN.Ir/c1-22(2)31-20-27(26-13-8-7-9-14-26)21-32(23(3)4)36(31)41-35-25(6)39-24(5)19-33(35)40-38(41)30-17-12-16-29-28-15-10-11-18-34(28)42-37(29)30;1-14(2)11-16-12-18(15-9-7-6-8-10-15)20-13-17(16)19(3,4)5;/h7-16,18-23H,1-6H3;6-9,12-14H,11H2,1-5H3;/q2*-1;. The van der Waals surface area contributed by atoms with Gasteiger partial charge in [-0.3, -0.25) is 9.97 Å². The van der Waals surface area contributed by atoms with Gasteiger partial charge in [-0.2, -0.15) is 0 Å². The smallest absolute Gasteiger partial charge is 0.120 e. The number of pyridine rings is 2. The second-order valence-electron chi connectivity index (χ2n) is 18.7. The number of hydrogen-bond donors (Lipinski definition) is 0. The van der Waals surface area contributed by atoms with Crippen molar-refractivity contribution in [2.75, 3.05) is 0 Å². The topological polar surface area (TPSA) is 56.7 Å². The van der Waals surface area contributed by atoms with Gasteiger partial charge < -0.3 is 8.98 Å². The van der Waals surface area contributed by atoms with Gasteiger partial charge in [-0.1, -0.05) is 87.2 Å². The summed E-state index contributed by atoms with van der Waals surface area (Å²) >= 11 is -1.86. The number of imidazole rings is 1. The van der Waals surface area contributed by atoms with Crippen LogP contribution >= 0.6 is 0 Å². The van der Waals surface area contributed by atoms with E-state index in [2.05, 4.69) is 167 Å². The molecule has 0 atom stereocenters. The number of aromatic nitrogens is 4. The second-order valence-corrected chi connectivity index (χ2v) is 29.3. The predicted molar refractivity (Wildman–Crippen MR) is 264 cm³/mol. The number of para-hydroxylation sites is 1. The molecule has 0 saturated carbocycles. The summed E-state index contributed by atoms with van der Waals surface area (Å²) in [4.78, 5) is 14.9. The van der Waals surface area contributed by atoms with Gasteiger partial charge in [0.15, 0.2) is 0 Å². The quantitative estimate of drug-likeness (QED) is 0.107. The second kappa shape index (κ2) is 18.9. The van der Waals surface area contributed by atoms with Crippen LogP contribution < -0.4 is 4.40 Å². The Kier molecular flexibility index (Phi) is 13.8. The molecular formula is C56H58GeIrN4O-2. The molecular weight excluding hydrogens is 1010 g/mol. The average molecular weight is 1070 g/mol. The Morgan fingerprint density at radius 1 is 0.698 bits per heavy atom. The Labute approximate surface area is 390 Å². The van der Waals surface area contributed by atoms with Crippen molar-refractivity contribution in [3.63, 3.8) is 0 Å². The van der Waals surface area contributed by atoms with Gasteiger partial charge in [-0.05, 0) is 72.2 Å². The molecule has 5 aromatic carbocycles. The summed E-state index contributed by atoms with van der Waals surface area (Å²) in [7, 11) is 0. The van der Waals surface area contributed by atoms with Crippen molar-refractivity contribution in [1.29, 1.82) is 0 Å². The van der Waals surface area contributed by atoms with E-state index in [1.807, 2.05) is 43.3 Å². The molecule has 0 fully saturated rings. The number of furan rings is 1. The normalized spacial score (nSPS) is 11.8. The summed E-state index contributed by atoms with van der Waals surface area (Å²) in [5.41, 5.74) is 16.2. The number of rotatable bonds is 9. The van der Waals surface area contributed by atoms with E-state index in [4.69, 9.17) is 19.4 Å². The molecule has 0 aliphatic carbocycles. The van der Waals surface area contributed by atoms with Crippen molar-refractivity contribution in [2.24, 2.45) is 5.92 Å². The van der Waals surface area contributed by atoms with Crippen LogP contribution in [0.15, 0.2) is 126 Å². The first-order valence-corrected chi connectivity index (χ1v) is 29.4. The molecule has 0 saturated heterocycles. The minimum atomic E-state index is -1.86. The SMILES string of the molecule is CC(C)Cc1cc(-c2[c-]cccc2)nc[c]1[Ge]([CH3])([CH3])[CH3].Cc1cc2nc(-c3[c-]ccc4c3oc3ccccc34)n(-c3c(C(C)C)cc(-c4ccccc4)cc3C(C)C)c2c(C)n1.[Ir]. The predicted octanol–water partition coefficient (Wildman–Crippen LogP) is 14.6. The molecule has 7 heteroatoms. The zero-order valence-corrected chi connectivity index (χ0v) is 43.0. The third-order valence-electron chi connectivity index (χ3n) is 11.7. The number of fused-ring (bicyclic) bond motifs is 4. The summed E-state index contributed by atoms with van der Waals surface area (Å²) in [5.74, 6) is 9.36. The fourth-order valence-corrected chi connectivity index (χ4v) is 12.1. The van der Waals surface area contributed by atoms with E-state index in [1.165, 1.54) is 33.5 Å². The Balaban J connectivity index is 0.000000239. The van der Waals surface area contributed by atoms with E-state index in [1.54, 1.807) is 4.40 Å². The first kappa shape index (κ1) is 45.9. The summed E-state index contributed by atoms with van der Waals surface area (Å²) in [6.07, 6.45) is 3.27. The third-order valence-corrected chi connectivity index (χ3v) is 16.0. The van der Waals surface area contributed by atoms with Gasteiger partial charge in [0.2, 0.25) is 0 Å². The molecule has 323 valence electrons. The number of nitrogens with zero attached hydrogens (tertiary/aromatic N) is 4. The van der Waals surface area contributed by atoms with Gasteiger partial charge >= 0.3 is 126 Å². The first-order valence-electron chi connectivity index (χ1n) is 22.1. The Morgan fingerprint density at radius 2 is 1.38 bits per heavy atom. The van der Waals surface area contributed by atoms with Gasteiger partial charge in [0.1, 0.15) is 5.58 Å².